The fourth-order valence-electron chi connectivity index (χ4n) is 1.97. The number of carbonyl (C=O) groups is 1. The zero-order valence-electron chi connectivity index (χ0n) is 12.4. The van der Waals surface area contributed by atoms with E-state index in [0.29, 0.717) is 11.1 Å². The fourth-order valence-corrected chi connectivity index (χ4v) is 1.97. The van der Waals surface area contributed by atoms with Gasteiger partial charge in [-0.15, -0.1) is 0 Å². The molecule has 8 nitrogen and oxygen atoms in total. The van der Waals surface area contributed by atoms with E-state index in [1.54, 1.807) is 24.9 Å². The highest BCUT2D eigenvalue weighted by Crippen LogP contribution is 2.18. The normalized spacial score (nSPS) is 10.9. The van der Waals surface area contributed by atoms with Crippen LogP contribution in [0.15, 0.2) is 29.5 Å². The molecular weight excluding hydrogens is 286 g/mol. The molecule has 0 bridgehead atoms. The number of nitro benzene ring substituents is 1. The van der Waals surface area contributed by atoms with Gasteiger partial charge in [-0.25, -0.2) is 5.43 Å². The van der Waals surface area contributed by atoms with Crippen molar-refractivity contribution in [2.75, 3.05) is 0 Å². The molecule has 0 fully saturated rings. The highest BCUT2D eigenvalue weighted by atomic mass is 16.6. The number of hydrogen-bond donors (Lipinski definition) is 1. The van der Waals surface area contributed by atoms with Gasteiger partial charge in [-0.1, -0.05) is 0 Å². The lowest BCUT2D eigenvalue weighted by Crippen LogP contribution is -2.17. The van der Waals surface area contributed by atoms with Gasteiger partial charge in [-0.05, 0) is 26.0 Å². The number of amides is 1. The molecule has 2 aromatic rings. The van der Waals surface area contributed by atoms with Crippen LogP contribution in [0.25, 0.3) is 0 Å². The molecule has 0 radical (unpaired) electrons. The minimum absolute atomic E-state index is 0.0222. The van der Waals surface area contributed by atoms with Gasteiger partial charge in [-0.2, -0.15) is 10.2 Å². The van der Waals surface area contributed by atoms with Crippen LogP contribution in [0.5, 0.6) is 0 Å². The van der Waals surface area contributed by atoms with Crippen LogP contribution in [-0.2, 0) is 7.05 Å². The number of carbonyl (C=O) groups excluding carboxylic acids is 1. The van der Waals surface area contributed by atoms with Crippen LogP contribution in [0.2, 0.25) is 0 Å². The second kappa shape index (κ2) is 6.17. The smallest absolute Gasteiger partial charge is 0.272 e. The molecule has 22 heavy (non-hydrogen) atoms. The van der Waals surface area contributed by atoms with Crippen molar-refractivity contribution in [3.05, 3.63) is 56.9 Å². The first-order valence-corrected chi connectivity index (χ1v) is 6.47. The van der Waals surface area contributed by atoms with E-state index in [9.17, 15) is 14.9 Å². The lowest BCUT2D eigenvalue weighted by molar-refractivity contribution is -0.385. The quantitative estimate of drug-likeness (QED) is 0.527. The summed E-state index contributed by atoms with van der Waals surface area (Å²) in [7, 11) is 1.79. The number of nitro groups is 1. The van der Waals surface area contributed by atoms with Crippen LogP contribution in [0.3, 0.4) is 0 Å². The van der Waals surface area contributed by atoms with Crippen LogP contribution < -0.4 is 5.43 Å². The van der Waals surface area contributed by atoms with Gasteiger partial charge in [0.2, 0.25) is 0 Å². The first-order valence-electron chi connectivity index (χ1n) is 6.47. The molecule has 1 heterocycles. The molecule has 0 aliphatic heterocycles. The fraction of sp³-hybridized carbons (Fsp3) is 0.214. The molecule has 114 valence electrons. The number of benzene rings is 1. The molecule has 0 spiro atoms. The third kappa shape index (κ3) is 3.35. The van der Waals surface area contributed by atoms with Crippen LogP contribution in [0, 0.1) is 24.0 Å². The van der Waals surface area contributed by atoms with E-state index in [2.05, 4.69) is 15.6 Å². The lowest BCUT2D eigenvalue weighted by atomic mass is 10.1. The van der Waals surface area contributed by atoms with Crippen molar-refractivity contribution in [1.82, 2.24) is 15.2 Å². The lowest BCUT2D eigenvalue weighted by Gasteiger charge is -2.02. The molecular formula is C14H15N5O3. The van der Waals surface area contributed by atoms with Gasteiger partial charge >= 0.3 is 0 Å². The van der Waals surface area contributed by atoms with Gasteiger partial charge in [0.1, 0.15) is 0 Å². The van der Waals surface area contributed by atoms with Crippen molar-refractivity contribution in [2.24, 2.45) is 12.1 Å². The van der Waals surface area contributed by atoms with Crippen molar-refractivity contribution in [2.45, 2.75) is 13.8 Å². The summed E-state index contributed by atoms with van der Waals surface area (Å²) in [4.78, 5) is 22.2. The van der Waals surface area contributed by atoms with E-state index in [0.717, 1.165) is 11.3 Å². The summed E-state index contributed by atoms with van der Waals surface area (Å²) in [5, 5.41) is 18.8. The van der Waals surface area contributed by atoms with Crippen LogP contribution >= 0.6 is 0 Å². The number of aromatic nitrogens is 2. The topological polar surface area (TPSA) is 102 Å². The molecule has 2 rings (SSSR count). The third-order valence-electron chi connectivity index (χ3n) is 3.08. The Balaban J connectivity index is 2.08. The standard InChI is InChI=1S/C14H15N5O3/c1-9-6-11(4-5-13(9)19(21)22)14(20)16-15-7-12-8-18(3)17-10(12)2/h4-8H,1-3H3,(H,16,20)/b15-7-. The van der Waals surface area contributed by atoms with E-state index in [1.807, 2.05) is 6.92 Å². The molecule has 0 saturated carbocycles. The predicted molar refractivity (Wildman–Crippen MR) is 80.8 cm³/mol. The Morgan fingerprint density at radius 1 is 1.45 bits per heavy atom. The summed E-state index contributed by atoms with van der Waals surface area (Å²) in [6.07, 6.45) is 3.28. The maximum Gasteiger partial charge on any atom is 0.272 e. The molecule has 1 aromatic carbocycles. The van der Waals surface area contributed by atoms with Gasteiger partial charge in [0.05, 0.1) is 16.8 Å². The zero-order valence-corrected chi connectivity index (χ0v) is 12.4. The largest absolute Gasteiger partial charge is 0.275 e. The maximum atomic E-state index is 11.9. The molecule has 1 aromatic heterocycles. The first-order chi connectivity index (χ1) is 10.4. The van der Waals surface area contributed by atoms with E-state index < -0.39 is 10.8 Å². The van der Waals surface area contributed by atoms with E-state index in [1.165, 1.54) is 24.4 Å². The Kier molecular flexibility index (Phi) is 4.31. The minimum atomic E-state index is -0.486. The molecule has 0 atom stereocenters. The van der Waals surface area contributed by atoms with Crippen molar-refractivity contribution in [3.63, 3.8) is 0 Å². The van der Waals surface area contributed by atoms with Crippen molar-refractivity contribution < 1.29 is 9.72 Å². The number of hydrazone groups is 1. The zero-order chi connectivity index (χ0) is 16.3. The van der Waals surface area contributed by atoms with Crippen molar-refractivity contribution in [3.8, 4) is 0 Å². The summed E-state index contributed by atoms with van der Waals surface area (Å²) in [5.41, 5.74) is 4.68. The van der Waals surface area contributed by atoms with Gasteiger partial charge in [0, 0.05) is 36.0 Å². The second-order valence-electron chi connectivity index (χ2n) is 4.80. The summed E-state index contributed by atoms with van der Waals surface area (Å²) < 4.78 is 1.65. The van der Waals surface area contributed by atoms with Crippen LogP contribution in [0.4, 0.5) is 5.69 Å². The SMILES string of the molecule is Cc1cc(C(=O)N/N=C\c2cn(C)nc2C)ccc1[N+](=O)[O-]. The van der Waals surface area contributed by atoms with E-state index in [-0.39, 0.29) is 5.69 Å². The molecule has 0 aliphatic rings. The molecule has 0 saturated heterocycles. The molecule has 0 aliphatic carbocycles. The van der Waals surface area contributed by atoms with Crippen molar-refractivity contribution >= 4 is 17.8 Å². The summed E-state index contributed by atoms with van der Waals surface area (Å²) in [6.45, 7) is 3.42. The summed E-state index contributed by atoms with van der Waals surface area (Å²) in [6, 6.07) is 4.16. The number of rotatable bonds is 4. The molecule has 8 heteroatoms. The van der Waals surface area contributed by atoms with Gasteiger partial charge in [-0.3, -0.25) is 19.6 Å². The van der Waals surface area contributed by atoms with E-state index in [4.69, 9.17) is 0 Å². The molecule has 0 unspecified atom stereocenters. The average molecular weight is 301 g/mol. The second-order valence-corrected chi connectivity index (χ2v) is 4.80. The van der Waals surface area contributed by atoms with Crippen LogP contribution in [-0.4, -0.2) is 26.8 Å². The Morgan fingerprint density at radius 3 is 2.73 bits per heavy atom. The molecule has 1 N–H and O–H groups in total. The summed E-state index contributed by atoms with van der Waals surface area (Å²) in [5.74, 6) is -0.434. The highest BCUT2D eigenvalue weighted by Gasteiger charge is 2.13. The third-order valence-corrected chi connectivity index (χ3v) is 3.08. The average Bonchev–Trinajstić information content (AvgIpc) is 2.76. The first kappa shape index (κ1) is 15.4. The number of nitrogens with one attached hydrogen (secondary N) is 1. The summed E-state index contributed by atoms with van der Waals surface area (Å²) >= 11 is 0. The monoisotopic (exact) mass is 301 g/mol. The Labute approximate surface area is 126 Å². The Bertz CT molecular complexity index is 764. The number of nitrogens with zero attached hydrogens (tertiary/aromatic N) is 4. The van der Waals surface area contributed by atoms with Gasteiger partial charge < -0.3 is 0 Å². The Morgan fingerprint density at radius 2 is 2.18 bits per heavy atom. The molecule has 1 amide bonds. The predicted octanol–water partition coefficient (Wildman–Crippen LogP) is 1.71. The van der Waals surface area contributed by atoms with Crippen LogP contribution in [0.1, 0.15) is 27.2 Å². The maximum absolute atomic E-state index is 11.9. The number of hydrogen-bond acceptors (Lipinski definition) is 5. The van der Waals surface area contributed by atoms with Crippen molar-refractivity contribution in [1.29, 1.82) is 0 Å². The Hall–Kier alpha value is -3.03. The van der Waals surface area contributed by atoms with E-state index >= 15 is 0 Å². The number of aryl methyl sites for hydroxylation is 3. The van der Waals surface area contributed by atoms with Gasteiger partial charge in [0.15, 0.2) is 0 Å². The van der Waals surface area contributed by atoms with Gasteiger partial charge in [0.25, 0.3) is 11.6 Å². The highest BCUT2D eigenvalue weighted by molar-refractivity contribution is 5.95. The minimum Gasteiger partial charge on any atom is -0.275 e.